The summed E-state index contributed by atoms with van der Waals surface area (Å²) in [6, 6.07) is 6.10. The normalized spacial score (nSPS) is 14.1. The average Bonchev–Trinajstić information content (AvgIpc) is 2.02. The standard InChI is InChI=1S/C9H8BrF3O/c10-7-3-1-6(2-4-7)8(14)5-9(11,12)13/h1-4,8,14H,5H2/t8-/m0/s1. The van der Waals surface area contributed by atoms with Crippen LogP contribution in [-0.2, 0) is 0 Å². The van der Waals surface area contributed by atoms with Crippen LogP contribution in [0, 0.1) is 0 Å². The highest BCUT2D eigenvalue weighted by Gasteiger charge is 2.31. The maximum Gasteiger partial charge on any atom is 0.391 e. The van der Waals surface area contributed by atoms with Crippen LogP contribution in [0.25, 0.3) is 0 Å². The third kappa shape index (κ3) is 3.67. The van der Waals surface area contributed by atoms with E-state index >= 15 is 0 Å². The van der Waals surface area contributed by atoms with Gasteiger partial charge in [0, 0.05) is 4.47 Å². The lowest BCUT2D eigenvalue weighted by atomic mass is 10.1. The third-order valence-corrected chi connectivity index (χ3v) is 2.21. The van der Waals surface area contributed by atoms with Crippen LogP contribution in [0.2, 0.25) is 0 Å². The molecule has 0 aliphatic carbocycles. The number of aliphatic hydroxyl groups excluding tert-OH is 1. The van der Waals surface area contributed by atoms with Crippen LogP contribution in [-0.4, -0.2) is 11.3 Å². The maximum atomic E-state index is 11.9. The Labute approximate surface area is 87.7 Å². The number of alkyl halides is 3. The summed E-state index contributed by atoms with van der Waals surface area (Å²) in [6.07, 6.45) is -7.04. The Hall–Kier alpha value is -0.550. The molecule has 0 heterocycles. The molecule has 0 saturated heterocycles. The Bertz CT molecular complexity index is 294. The molecule has 1 aromatic rings. The van der Waals surface area contributed by atoms with Gasteiger partial charge < -0.3 is 5.11 Å². The van der Waals surface area contributed by atoms with Crippen molar-refractivity contribution in [1.29, 1.82) is 0 Å². The van der Waals surface area contributed by atoms with Crippen molar-refractivity contribution < 1.29 is 18.3 Å². The maximum absolute atomic E-state index is 11.9. The SMILES string of the molecule is O[C@@H](CC(F)(F)F)c1ccc(Br)cc1. The van der Waals surface area contributed by atoms with E-state index in [0.717, 1.165) is 4.47 Å². The fourth-order valence-corrected chi connectivity index (χ4v) is 1.29. The van der Waals surface area contributed by atoms with Crippen molar-refractivity contribution in [3.8, 4) is 0 Å². The molecule has 0 amide bonds. The summed E-state index contributed by atoms with van der Waals surface area (Å²) in [5.74, 6) is 0. The van der Waals surface area contributed by atoms with Crippen LogP contribution < -0.4 is 0 Å². The van der Waals surface area contributed by atoms with Crippen molar-refractivity contribution in [2.24, 2.45) is 0 Å². The summed E-state index contributed by atoms with van der Waals surface area (Å²) in [6.45, 7) is 0. The minimum absolute atomic E-state index is 0.269. The molecular weight excluding hydrogens is 261 g/mol. The molecule has 0 unspecified atom stereocenters. The fraction of sp³-hybridized carbons (Fsp3) is 0.333. The summed E-state index contributed by atoms with van der Waals surface area (Å²) in [5.41, 5.74) is 0.269. The van der Waals surface area contributed by atoms with Crippen LogP contribution in [0.5, 0.6) is 0 Å². The molecule has 0 saturated carbocycles. The number of rotatable bonds is 2. The number of benzene rings is 1. The lowest BCUT2D eigenvalue weighted by Crippen LogP contribution is -2.13. The number of hydrogen-bond donors (Lipinski definition) is 1. The third-order valence-electron chi connectivity index (χ3n) is 1.68. The van der Waals surface area contributed by atoms with E-state index in [-0.39, 0.29) is 5.56 Å². The molecule has 0 aliphatic heterocycles. The lowest BCUT2D eigenvalue weighted by molar-refractivity contribution is -0.154. The monoisotopic (exact) mass is 268 g/mol. The Kier molecular flexibility index (Phi) is 3.55. The fourth-order valence-electron chi connectivity index (χ4n) is 1.02. The van der Waals surface area contributed by atoms with Crippen molar-refractivity contribution in [3.05, 3.63) is 34.3 Å². The minimum Gasteiger partial charge on any atom is -0.388 e. The first-order valence-corrected chi connectivity index (χ1v) is 4.68. The Morgan fingerprint density at radius 3 is 2.14 bits per heavy atom. The molecule has 1 N–H and O–H groups in total. The molecule has 0 aliphatic rings. The highest BCUT2D eigenvalue weighted by atomic mass is 79.9. The van der Waals surface area contributed by atoms with E-state index in [1.165, 1.54) is 12.1 Å². The molecule has 1 rings (SSSR count). The number of hydrogen-bond acceptors (Lipinski definition) is 1. The van der Waals surface area contributed by atoms with Crippen molar-refractivity contribution >= 4 is 15.9 Å². The highest BCUT2D eigenvalue weighted by Crippen LogP contribution is 2.29. The van der Waals surface area contributed by atoms with E-state index in [1.54, 1.807) is 12.1 Å². The Balaban J connectivity index is 2.70. The van der Waals surface area contributed by atoms with E-state index in [0.29, 0.717) is 0 Å². The topological polar surface area (TPSA) is 20.2 Å². The van der Waals surface area contributed by atoms with Crippen LogP contribution in [0.4, 0.5) is 13.2 Å². The summed E-state index contributed by atoms with van der Waals surface area (Å²) in [5, 5.41) is 9.21. The van der Waals surface area contributed by atoms with E-state index in [2.05, 4.69) is 15.9 Å². The molecule has 0 aromatic heterocycles. The molecule has 5 heteroatoms. The quantitative estimate of drug-likeness (QED) is 0.872. The minimum atomic E-state index is -4.34. The highest BCUT2D eigenvalue weighted by molar-refractivity contribution is 9.10. The van der Waals surface area contributed by atoms with Crippen LogP contribution in [0.15, 0.2) is 28.7 Å². The van der Waals surface area contributed by atoms with Gasteiger partial charge in [-0.2, -0.15) is 13.2 Å². The van der Waals surface area contributed by atoms with Gasteiger partial charge in [-0.3, -0.25) is 0 Å². The van der Waals surface area contributed by atoms with Gasteiger partial charge in [0.05, 0.1) is 12.5 Å². The zero-order valence-corrected chi connectivity index (χ0v) is 8.64. The van der Waals surface area contributed by atoms with Crippen LogP contribution in [0.1, 0.15) is 18.1 Å². The number of halogens is 4. The lowest BCUT2D eigenvalue weighted by Gasteiger charge is -2.13. The molecule has 0 fully saturated rings. The van der Waals surface area contributed by atoms with Crippen LogP contribution in [0.3, 0.4) is 0 Å². The van der Waals surface area contributed by atoms with Crippen molar-refractivity contribution in [2.75, 3.05) is 0 Å². The van der Waals surface area contributed by atoms with Gasteiger partial charge in [-0.1, -0.05) is 28.1 Å². The summed E-state index contributed by atoms with van der Waals surface area (Å²) < 4.78 is 36.5. The van der Waals surface area contributed by atoms with Gasteiger partial charge in [-0.25, -0.2) is 0 Å². The molecule has 14 heavy (non-hydrogen) atoms. The van der Waals surface area contributed by atoms with Gasteiger partial charge in [0.2, 0.25) is 0 Å². The zero-order valence-electron chi connectivity index (χ0n) is 7.05. The van der Waals surface area contributed by atoms with E-state index in [9.17, 15) is 18.3 Å². The van der Waals surface area contributed by atoms with Gasteiger partial charge in [0.25, 0.3) is 0 Å². The van der Waals surface area contributed by atoms with Gasteiger partial charge in [0.15, 0.2) is 0 Å². The van der Waals surface area contributed by atoms with Crippen LogP contribution >= 0.6 is 15.9 Å². The van der Waals surface area contributed by atoms with Crippen molar-refractivity contribution in [2.45, 2.75) is 18.7 Å². The Morgan fingerprint density at radius 1 is 1.21 bits per heavy atom. The van der Waals surface area contributed by atoms with Crippen molar-refractivity contribution in [3.63, 3.8) is 0 Å². The van der Waals surface area contributed by atoms with Gasteiger partial charge >= 0.3 is 6.18 Å². The Morgan fingerprint density at radius 2 is 1.71 bits per heavy atom. The second-order valence-corrected chi connectivity index (χ2v) is 3.80. The summed E-state index contributed by atoms with van der Waals surface area (Å²) >= 11 is 3.15. The molecule has 0 bridgehead atoms. The first-order chi connectivity index (χ1) is 6.38. The first-order valence-electron chi connectivity index (χ1n) is 3.89. The average molecular weight is 269 g/mol. The summed E-state index contributed by atoms with van der Waals surface area (Å²) in [7, 11) is 0. The predicted molar refractivity (Wildman–Crippen MR) is 49.8 cm³/mol. The van der Waals surface area contributed by atoms with Gasteiger partial charge in [0.1, 0.15) is 0 Å². The molecule has 1 nitrogen and oxygen atoms in total. The zero-order chi connectivity index (χ0) is 10.8. The van der Waals surface area contributed by atoms with Crippen molar-refractivity contribution in [1.82, 2.24) is 0 Å². The first kappa shape index (κ1) is 11.5. The molecule has 1 atom stereocenters. The molecule has 1 aromatic carbocycles. The number of aliphatic hydroxyl groups is 1. The largest absolute Gasteiger partial charge is 0.391 e. The molecule has 0 spiro atoms. The van der Waals surface area contributed by atoms with Gasteiger partial charge in [-0.05, 0) is 17.7 Å². The molecule has 0 radical (unpaired) electrons. The predicted octanol–water partition coefficient (Wildman–Crippen LogP) is 3.43. The van der Waals surface area contributed by atoms with Gasteiger partial charge in [-0.15, -0.1) is 0 Å². The second kappa shape index (κ2) is 4.31. The van der Waals surface area contributed by atoms with E-state index in [4.69, 9.17) is 0 Å². The molecule has 78 valence electrons. The van der Waals surface area contributed by atoms with E-state index in [1.807, 2.05) is 0 Å². The summed E-state index contributed by atoms with van der Waals surface area (Å²) in [4.78, 5) is 0. The second-order valence-electron chi connectivity index (χ2n) is 2.89. The smallest absolute Gasteiger partial charge is 0.388 e. The molecular formula is C9H8BrF3O. The van der Waals surface area contributed by atoms with E-state index < -0.39 is 18.7 Å².